The summed E-state index contributed by atoms with van der Waals surface area (Å²) in [6.45, 7) is -0.366. The lowest BCUT2D eigenvalue weighted by molar-refractivity contribution is -0.123. The molecule has 0 aliphatic carbocycles. The summed E-state index contributed by atoms with van der Waals surface area (Å²) in [5.41, 5.74) is 6.08. The van der Waals surface area contributed by atoms with Gasteiger partial charge in [-0.25, -0.2) is 0 Å². The van der Waals surface area contributed by atoms with E-state index in [1.54, 1.807) is 18.2 Å². The molecular formula is C12H14N4O4. The van der Waals surface area contributed by atoms with E-state index in [4.69, 9.17) is 10.5 Å². The Bertz CT molecular complexity index is 558. The van der Waals surface area contributed by atoms with Crippen molar-refractivity contribution < 1.29 is 19.1 Å². The van der Waals surface area contributed by atoms with E-state index < -0.39 is 11.8 Å². The second-order valence-electron chi connectivity index (χ2n) is 4.08. The molecule has 8 heteroatoms. The molecule has 0 bridgehead atoms. The summed E-state index contributed by atoms with van der Waals surface area (Å²) in [5, 5.41) is 7.57. The van der Waals surface area contributed by atoms with E-state index in [2.05, 4.69) is 16.0 Å². The largest absolute Gasteiger partial charge is 0.482 e. The van der Waals surface area contributed by atoms with Gasteiger partial charge in [0.2, 0.25) is 11.8 Å². The number of anilines is 2. The molecule has 20 heavy (non-hydrogen) atoms. The van der Waals surface area contributed by atoms with Crippen molar-refractivity contribution in [2.75, 3.05) is 30.3 Å². The molecule has 5 N–H and O–H groups in total. The van der Waals surface area contributed by atoms with Gasteiger partial charge in [-0.2, -0.15) is 0 Å². The summed E-state index contributed by atoms with van der Waals surface area (Å²) in [6, 6.07) is 4.86. The highest BCUT2D eigenvalue weighted by Gasteiger charge is 2.16. The molecule has 1 aromatic carbocycles. The third-order valence-electron chi connectivity index (χ3n) is 2.53. The molecule has 1 aliphatic heterocycles. The maximum absolute atomic E-state index is 11.6. The van der Waals surface area contributed by atoms with E-state index in [0.29, 0.717) is 17.1 Å². The van der Waals surface area contributed by atoms with Crippen LogP contribution in [0.3, 0.4) is 0 Å². The highest BCUT2D eigenvalue weighted by atomic mass is 16.5. The third-order valence-corrected chi connectivity index (χ3v) is 2.53. The Hall–Kier alpha value is -2.61. The summed E-state index contributed by atoms with van der Waals surface area (Å²) in [4.78, 5) is 33.7. The minimum Gasteiger partial charge on any atom is -0.482 e. The Kier molecular flexibility index (Phi) is 4.16. The first-order valence-corrected chi connectivity index (χ1v) is 5.92. The molecule has 0 fully saturated rings. The fourth-order valence-corrected chi connectivity index (χ4v) is 1.62. The van der Waals surface area contributed by atoms with E-state index in [1.807, 2.05) is 0 Å². The van der Waals surface area contributed by atoms with Crippen molar-refractivity contribution in [1.82, 2.24) is 5.32 Å². The van der Waals surface area contributed by atoms with Crippen LogP contribution in [0, 0.1) is 0 Å². The normalized spacial score (nSPS) is 12.8. The van der Waals surface area contributed by atoms with Gasteiger partial charge in [-0.3, -0.25) is 14.4 Å². The number of carbonyl (C=O) groups excluding carboxylic acids is 3. The Morgan fingerprint density at radius 3 is 2.90 bits per heavy atom. The molecule has 1 aromatic rings. The molecule has 8 nitrogen and oxygen atoms in total. The van der Waals surface area contributed by atoms with Gasteiger partial charge in [0, 0.05) is 5.69 Å². The minimum atomic E-state index is -0.411. The summed E-state index contributed by atoms with van der Waals surface area (Å²) in [7, 11) is 0. The fraction of sp³-hybridized carbons (Fsp3) is 0.250. The molecule has 1 heterocycles. The van der Waals surface area contributed by atoms with E-state index in [-0.39, 0.29) is 25.6 Å². The van der Waals surface area contributed by atoms with Gasteiger partial charge in [-0.1, -0.05) is 0 Å². The quantitative estimate of drug-likeness (QED) is 0.564. The zero-order valence-electron chi connectivity index (χ0n) is 10.6. The lowest BCUT2D eigenvalue weighted by Gasteiger charge is -2.18. The standard InChI is InChI=1S/C12H14N4O4/c13-4-10(17)14-5-11(18)15-7-1-2-9-8(3-7)16-12(19)6-20-9/h1-3H,4-6,13H2,(H,14,17)(H,15,18)(H,16,19). The molecule has 0 unspecified atom stereocenters. The van der Waals surface area contributed by atoms with Crippen molar-refractivity contribution >= 4 is 29.1 Å². The van der Waals surface area contributed by atoms with Crippen LogP contribution >= 0.6 is 0 Å². The molecule has 0 spiro atoms. The molecule has 1 aliphatic rings. The van der Waals surface area contributed by atoms with Crippen molar-refractivity contribution in [3.05, 3.63) is 18.2 Å². The van der Waals surface area contributed by atoms with Crippen LogP contribution in [0.4, 0.5) is 11.4 Å². The predicted molar refractivity (Wildman–Crippen MR) is 71.3 cm³/mol. The highest BCUT2D eigenvalue weighted by Crippen LogP contribution is 2.30. The number of ether oxygens (including phenoxy) is 1. The summed E-state index contributed by atoms with van der Waals surface area (Å²) < 4.78 is 5.19. The van der Waals surface area contributed by atoms with E-state index in [1.165, 1.54) is 0 Å². The van der Waals surface area contributed by atoms with Crippen LogP contribution in [-0.4, -0.2) is 37.4 Å². The van der Waals surface area contributed by atoms with Crippen LogP contribution in [0.5, 0.6) is 5.75 Å². The lowest BCUT2D eigenvalue weighted by atomic mass is 10.2. The zero-order chi connectivity index (χ0) is 14.5. The average molecular weight is 278 g/mol. The van der Waals surface area contributed by atoms with Gasteiger partial charge in [0.15, 0.2) is 6.61 Å². The van der Waals surface area contributed by atoms with Gasteiger partial charge in [0.05, 0.1) is 18.8 Å². The van der Waals surface area contributed by atoms with Crippen LogP contribution in [0.2, 0.25) is 0 Å². The molecule has 3 amide bonds. The van der Waals surface area contributed by atoms with Crippen molar-refractivity contribution in [2.45, 2.75) is 0 Å². The van der Waals surface area contributed by atoms with E-state index in [9.17, 15) is 14.4 Å². The Labute approximate surface area is 114 Å². The highest BCUT2D eigenvalue weighted by molar-refractivity contribution is 5.98. The van der Waals surface area contributed by atoms with Gasteiger partial charge in [-0.15, -0.1) is 0 Å². The van der Waals surface area contributed by atoms with Crippen LogP contribution in [0.25, 0.3) is 0 Å². The Morgan fingerprint density at radius 2 is 2.15 bits per heavy atom. The smallest absolute Gasteiger partial charge is 0.262 e. The molecule has 0 atom stereocenters. The zero-order valence-corrected chi connectivity index (χ0v) is 10.6. The van der Waals surface area contributed by atoms with E-state index >= 15 is 0 Å². The summed E-state index contributed by atoms with van der Waals surface area (Å²) >= 11 is 0. The number of hydrogen-bond acceptors (Lipinski definition) is 5. The van der Waals surface area contributed by atoms with Crippen molar-refractivity contribution in [1.29, 1.82) is 0 Å². The molecule has 2 rings (SSSR count). The molecule has 106 valence electrons. The SMILES string of the molecule is NCC(=O)NCC(=O)Nc1ccc2c(c1)NC(=O)CO2. The summed E-state index contributed by atoms with van der Waals surface area (Å²) in [5.74, 6) is -0.517. The molecule has 0 saturated carbocycles. The number of benzene rings is 1. The Morgan fingerprint density at radius 1 is 1.35 bits per heavy atom. The number of amides is 3. The maximum atomic E-state index is 11.6. The molecular weight excluding hydrogens is 264 g/mol. The number of fused-ring (bicyclic) bond motifs is 1. The minimum absolute atomic E-state index is 0.0240. The van der Waals surface area contributed by atoms with Crippen LogP contribution in [0.15, 0.2) is 18.2 Å². The first-order chi connectivity index (χ1) is 9.58. The fourth-order valence-electron chi connectivity index (χ4n) is 1.62. The topological polar surface area (TPSA) is 123 Å². The predicted octanol–water partition coefficient (Wildman–Crippen LogP) is -0.969. The third kappa shape index (κ3) is 3.45. The number of rotatable bonds is 4. The summed E-state index contributed by atoms with van der Waals surface area (Å²) in [6.07, 6.45) is 0. The number of carbonyl (C=O) groups is 3. The molecule has 0 radical (unpaired) electrons. The Balaban J connectivity index is 1.96. The van der Waals surface area contributed by atoms with Gasteiger partial charge in [0.1, 0.15) is 5.75 Å². The van der Waals surface area contributed by atoms with Crippen molar-refractivity contribution in [3.8, 4) is 5.75 Å². The maximum Gasteiger partial charge on any atom is 0.262 e. The second-order valence-corrected chi connectivity index (χ2v) is 4.08. The van der Waals surface area contributed by atoms with Crippen LogP contribution in [0.1, 0.15) is 0 Å². The van der Waals surface area contributed by atoms with Crippen LogP contribution < -0.4 is 26.4 Å². The van der Waals surface area contributed by atoms with Gasteiger partial charge < -0.3 is 26.4 Å². The number of hydrogen-bond donors (Lipinski definition) is 4. The van der Waals surface area contributed by atoms with Gasteiger partial charge in [0.25, 0.3) is 5.91 Å². The molecule has 0 aromatic heterocycles. The lowest BCUT2D eigenvalue weighted by Crippen LogP contribution is -2.36. The first kappa shape index (κ1) is 13.8. The van der Waals surface area contributed by atoms with Gasteiger partial charge in [-0.05, 0) is 18.2 Å². The van der Waals surface area contributed by atoms with Crippen LogP contribution in [-0.2, 0) is 14.4 Å². The molecule has 0 saturated heterocycles. The first-order valence-electron chi connectivity index (χ1n) is 5.92. The van der Waals surface area contributed by atoms with Gasteiger partial charge >= 0.3 is 0 Å². The average Bonchev–Trinajstić information content (AvgIpc) is 2.44. The second kappa shape index (κ2) is 6.02. The van der Waals surface area contributed by atoms with E-state index in [0.717, 1.165) is 0 Å². The van der Waals surface area contributed by atoms with Crippen molar-refractivity contribution in [3.63, 3.8) is 0 Å². The van der Waals surface area contributed by atoms with Crippen molar-refractivity contribution in [2.24, 2.45) is 5.73 Å². The number of nitrogens with two attached hydrogens (primary N) is 1. The monoisotopic (exact) mass is 278 g/mol. The number of nitrogens with one attached hydrogen (secondary N) is 3.